The number of nitrogens with two attached hydrogens (primary N) is 1. The van der Waals surface area contributed by atoms with Crippen molar-refractivity contribution in [1.82, 2.24) is 0 Å². The van der Waals surface area contributed by atoms with Gasteiger partial charge >= 0.3 is 0 Å². The zero-order valence-corrected chi connectivity index (χ0v) is 9.40. The van der Waals surface area contributed by atoms with Gasteiger partial charge < -0.3 is 5.73 Å². The van der Waals surface area contributed by atoms with E-state index in [1.54, 1.807) is 0 Å². The molecule has 2 nitrogen and oxygen atoms in total. The molecule has 0 amide bonds. The summed E-state index contributed by atoms with van der Waals surface area (Å²) in [4.78, 5) is 0. The average Bonchev–Trinajstić information content (AvgIpc) is 1.98. The van der Waals surface area contributed by atoms with Gasteiger partial charge in [-0.2, -0.15) is 0 Å². The Balaban J connectivity index is 3.06. The first-order valence-corrected chi connectivity index (χ1v) is 4.88. The van der Waals surface area contributed by atoms with Crippen molar-refractivity contribution in [2.24, 2.45) is 5.73 Å². The van der Waals surface area contributed by atoms with Crippen LogP contribution in [0, 0.1) is 19.3 Å². The minimum Gasteiger partial charge on any atom is -0.387 e. The van der Waals surface area contributed by atoms with E-state index in [-0.39, 0.29) is 5.84 Å². The molecule has 0 radical (unpaired) electrons. The zero-order chi connectivity index (χ0) is 10.0. The smallest absolute Gasteiger partial charge is 0.0950 e. The highest BCUT2D eigenvalue weighted by Gasteiger charge is 2.02. The lowest BCUT2D eigenvalue weighted by Crippen LogP contribution is -2.12. The number of halogens is 1. The maximum absolute atomic E-state index is 7.19. The van der Waals surface area contributed by atoms with Gasteiger partial charge in [0.15, 0.2) is 0 Å². The fourth-order valence-corrected chi connectivity index (χ4v) is 1.59. The summed E-state index contributed by atoms with van der Waals surface area (Å²) in [6, 6.07) is 4.11. The maximum Gasteiger partial charge on any atom is 0.0950 e. The monoisotopic (exact) mass is 240 g/mol. The zero-order valence-electron chi connectivity index (χ0n) is 7.82. The van der Waals surface area contributed by atoms with E-state index >= 15 is 0 Å². The van der Waals surface area contributed by atoms with Crippen LogP contribution >= 0.6 is 15.9 Å². The van der Waals surface area contributed by atoms with Crippen molar-refractivity contribution in [3.05, 3.63) is 33.3 Å². The molecule has 1 aromatic carbocycles. The van der Waals surface area contributed by atoms with Gasteiger partial charge in [-0.05, 0) is 30.5 Å². The summed E-state index contributed by atoms with van der Waals surface area (Å²) in [6.45, 7) is 4.08. The van der Waals surface area contributed by atoms with Crippen molar-refractivity contribution in [2.75, 3.05) is 0 Å². The molecule has 1 aromatic rings. The number of benzene rings is 1. The second-order valence-corrected chi connectivity index (χ2v) is 4.04. The molecule has 0 aromatic heterocycles. The minimum atomic E-state index is 0.209. The van der Waals surface area contributed by atoms with Gasteiger partial charge in [-0.1, -0.05) is 28.1 Å². The molecule has 13 heavy (non-hydrogen) atoms. The first-order chi connectivity index (χ1) is 6.00. The Morgan fingerprint density at radius 3 is 2.23 bits per heavy atom. The molecule has 70 valence electrons. The van der Waals surface area contributed by atoms with E-state index in [4.69, 9.17) is 11.1 Å². The van der Waals surface area contributed by atoms with E-state index in [9.17, 15) is 0 Å². The Morgan fingerprint density at radius 1 is 1.38 bits per heavy atom. The summed E-state index contributed by atoms with van der Waals surface area (Å²) in [7, 11) is 0. The fraction of sp³-hybridized carbons (Fsp3) is 0.300. The van der Waals surface area contributed by atoms with Crippen LogP contribution < -0.4 is 5.73 Å². The summed E-state index contributed by atoms with van der Waals surface area (Å²) in [6.07, 6.45) is 0.537. The Bertz CT molecular complexity index is 322. The molecule has 0 bridgehead atoms. The van der Waals surface area contributed by atoms with E-state index in [1.807, 2.05) is 13.8 Å². The third kappa shape index (κ3) is 2.56. The number of aryl methyl sites for hydroxylation is 2. The van der Waals surface area contributed by atoms with Gasteiger partial charge in [0.1, 0.15) is 0 Å². The highest BCUT2D eigenvalue weighted by Crippen LogP contribution is 2.22. The average molecular weight is 241 g/mol. The van der Waals surface area contributed by atoms with Crippen molar-refractivity contribution in [3.8, 4) is 0 Å². The summed E-state index contributed by atoms with van der Waals surface area (Å²) in [5.41, 5.74) is 8.82. The molecule has 0 heterocycles. The van der Waals surface area contributed by atoms with Crippen molar-refractivity contribution < 1.29 is 0 Å². The largest absolute Gasteiger partial charge is 0.387 e. The third-order valence-electron chi connectivity index (χ3n) is 1.89. The van der Waals surface area contributed by atoms with E-state index < -0.39 is 0 Å². The van der Waals surface area contributed by atoms with Gasteiger partial charge in [0.2, 0.25) is 0 Å². The van der Waals surface area contributed by atoms with Crippen LogP contribution in [0.25, 0.3) is 0 Å². The lowest BCUT2D eigenvalue weighted by atomic mass is 10.0. The summed E-state index contributed by atoms with van der Waals surface area (Å²) in [5.74, 6) is 0.209. The van der Waals surface area contributed by atoms with Gasteiger partial charge in [-0.25, -0.2) is 0 Å². The molecule has 3 heteroatoms. The van der Waals surface area contributed by atoms with Crippen LogP contribution in [-0.2, 0) is 6.42 Å². The summed E-state index contributed by atoms with van der Waals surface area (Å²) in [5, 5.41) is 7.19. The third-order valence-corrected chi connectivity index (χ3v) is 3.14. The van der Waals surface area contributed by atoms with Crippen LogP contribution in [0.1, 0.15) is 16.7 Å². The second kappa shape index (κ2) is 3.92. The van der Waals surface area contributed by atoms with Crippen molar-refractivity contribution in [3.63, 3.8) is 0 Å². The topological polar surface area (TPSA) is 49.9 Å². The SMILES string of the molecule is Cc1cc(CC(=N)N)cc(C)c1Br. The first-order valence-electron chi connectivity index (χ1n) is 4.09. The molecule has 0 aliphatic carbocycles. The Labute approximate surface area is 86.8 Å². The highest BCUT2D eigenvalue weighted by atomic mass is 79.9. The van der Waals surface area contributed by atoms with Gasteiger partial charge in [0.25, 0.3) is 0 Å². The molecular formula is C10H13BrN2. The highest BCUT2D eigenvalue weighted by molar-refractivity contribution is 9.10. The molecular weight excluding hydrogens is 228 g/mol. The van der Waals surface area contributed by atoms with Crippen LogP contribution in [0.15, 0.2) is 16.6 Å². The van der Waals surface area contributed by atoms with Gasteiger partial charge in [0.05, 0.1) is 5.84 Å². The molecule has 0 saturated heterocycles. The quantitative estimate of drug-likeness (QED) is 0.606. The minimum absolute atomic E-state index is 0.209. The van der Waals surface area contributed by atoms with E-state index in [1.165, 1.54) is 11.1 Å². The molecule has 0 fully saturated rings. The Kier molecular flexibility index (Phi) is 3.09. The lowest BCUT2D eigenvalue weighted by Gasteiger charge is -2.06. The van der Waals surface area contributed by atoms with Crippen LogP contribution in [0.5, 0.6) is 0 Å². The summed E-state index contributed by atoms with van der Waals surface area (Å²) < 4.78 is 1.14. The van der Waals surface area contributed by atoms with Crippen molar-refractivity contribution >= 4 is 21.8 Å². The Hall–Kier alpha value is -0.830. The lowest BCUT2D eigenvalue weighted by molar-refractivity contribution is 1.20. The molecule has 0 unspecified atom stereocenters. The van der Waals surface area contributed by atoms with E-state index in [2.05, 4.69) is 28.1 Å². The predicted molar refractivity (Wildman–Crippen MR) is 59.2 cm³/mol. The van der Waals surface area contributed by atoms with Crippen LogP contribution in [0.4, 0.5) is 0 Å². The number of amidine groups is 1. The summed E-state index contributed by atoms with van der Waals surface area (Å²) >= 11 is 3.49. The molecule has 0 aliphatic heterocycles. The van der Waals surface area contributed by atoms with Gasteiger partial charge in [0, 0.05) is 10.9 Å². The van der Waals surface area contributed by atoms with Gasteiger partial charge in [-0.15, -0.1) is 0 Å². The van der Waals surface area contributed by atoms with E-state index in [0.717, 1.165) is 10.0 Å². The number of hydrogen-bond donors (Lipinski definition) is 2. The molecule has 3 N–H and O–H groups in total. The predicted octanol–water partition coefficient (Wildman–Crippen LogP) is 2.54. The maximum atomic E-state index is 7.19. The standard InChI is InChI=1S/C10H13BrN2/c1-6-3-8(5-9(12)13)4-7(2)10(6)11/h3-4H,5H2,1-2H3,(H3,12,13). The van der Waals surface area contributed by atoms with Gasteiger partial charge in [-0.3, -0.25) is 5.41 Å². The number of nitrogens with one attached hydrogen (secondary N) is 1. The molecule has 0 spiro atoms. The van der Waals surface area contributed by atoms with Crippen molar-refractivity contribution in [2.45, 2.75) is 20.3 Å². The van der Waals surface area contributed by atoms with E-state index in [0.29, 0.717) is 6.42 Å². The molecule has 0 saturated carbocycles. The first kappa shape index (κ1) is 10.3. The van der Waals surface area contributed by atoms with Crippen LogP contribution in [0.2, 0.25) is 0 Å². The second-order valence-electron chi connectivity index (χ2n) is 3.25. The normalized spacial score (nSPS) is 10.1. The molecule has 1 rings (SSSR count). The molecule has 0 atom stereocenters. The fourth-order valence-electron chi connectivity index (χ4n) is 1.36. The van der Waals surface area contributed by atoms with Crippen LogP contribution in [-0.4, -0.2) is 5.84 Å². The van der Waals surface area contributed by atoms with Crippen molar-refractivity contribution in [1.29, 1.82) is 5.41 Å². The molecule has 0 aliphatic rings. The number of hydrogen-bond acceptors (Lipinski definition) is 1. The Morgan fingerprint density at radius 2 is 1.85 bits per heavy atom. The number of rotatable bonds is 2. The van der Waals surface area contributed by atoms with Crippen LogP contribution in [0.3, 0.4) is 0 Å².